The molecule has 8 heteroatoms. The van der Waals surface area contributed by atoms with Crippen molar-refractivity contribution in [1.82, 2.24) is 19.4 Å². The lowest BCUT2D eigenvalue weighted by molar-refractivity contribution is -0.137. The van der Waals surface area contributed by atoms with Crippen LogP contribution in [0.25, 0.3) is 22.4 Å². The van der Waals surface area contributed by atoms with Crippen LogP contribution in [0, 0.1) is 0 Å². The van der Waals surface area contributed by atoms with Gasteiger partial charge < -0.3 is 19.0 Å². The number of rotatable bonds is 6. The summed E-state index contributed by atoms with van der Waals surface area (Å²) < 4.78 is 6.98. The topological polar surface area (TPSA) is 91.8 Å². The number of hydrogen-bond acceptors (Lipinski definition) is 5. The highest BCUT2D eigenvalue weighted by molar-refractivity contribution is 5.91. The van der Waals surface area contributed by atoms with Crippen molar-refractivity contribution in [2.75, 3.05) is 26.2 Å². The lowest BCUT2D eigenvalue weighted by Crippen LogP contribution is -2.48. The van der Waals surface area contributed by atoms with Gasteiger partial charge in [-0.15, -0.1) is 0 Å². The number of amides is 1. The van der Waals surface area contributed by atoms with Gasteiger partial charge in [-0.2, -0.15) is 0 Å². The van der Waals surface area contributed by atoms with Crippen LogP contribution in [0.2, 0.25) is 0 Å². The number of carbonyl (C=O) groups excluding carboxylic acids is 1. The number of fused-ring (bicyclic) bond motifs is 1. The Hall–Kier alpha value is -3.91. The zero-order valence-corrected chi connectivity index (χ0v) is 18.1. The zero-order chi connectivity index (χ0) is 22.8. The second-order valence-electron chi connectivity index (χ2n) is 8.15. The van der Waals surface area contributed by atoms with E-state index in [-0.39, 0.29) is 12.5 Å². The van der Waals surface area contributed by atoms with Crippen molar-refractivity contribution in [2.45, 2.75) is 13.1 Å². The number of piperazine rings is 1. The van der Waals surface area contributed by atoms with Crippen molar-refractivity contribution in [3.05, 3.63) is 78.3 Å². The van der Waals surface area contributed by atoms with Crippen LogP contribution in [0.5, 0.6) is 0 Å². The van der Waals surface area contributed by atoms with E-state index in [0.717, 1.165) is 41.8 Å². The Morgan fingerprint density at radius 1 is 0.970 bits per heavy atom. The molecule has 0 spiro atoms. The molecule has 0 unspecified atom stereocenters. The fourth-order valence-electron chi connectivity index (χ4n) is 4.32. The number of aliphatic carboxylic acids is 1. The molecule has 0 bridgehead atoms. The van der Waals surface area contributed by atoms with Crippen LogP contribution in [0.4, 0.5) is 0 Å². The normalized spacial score (nSPS) is 14.6. The Balaban J connectivity index is 1.32. The third-order valence-electron chi connectivity index (χ3n) is 5.93. The van der Waals surface area contributed by atoms with Crippen LogP contribution in [0.15, 0.2) is 71.3 Å². The predicted octanol–water partition coefficient (Wildman–Crippen LogP) is 3.34. The van der Waals surface area contributed by atoms with E-state index in [4.69, 9.17) is 9.40 Å². The van der Waals surface area contributed by atoms with Crippen LogP contribution in [-0.4, -0.2) is 62.5 Å². The standard InChI is InChI=1S/C25H24N4O4/c30-23(31)17-29-21-8-2-1-7-20(21)26-24(29)19-6-3-5-18(15-19)16-27-10-12-28(13-11-27)25(32)22-9-4-14-33-22/h1-9,14-15H,10-13,16-17H2,(H,30,31). The van der Waals surface area contributed by atoms with E-state index < -0.39 is 5.97 Å². The maximum Gasteiger partial charge on any atom is 0.323 e. The first kappa shape index (κ1) is 21.0. The summed E-state index contributed by atoms with van der Waals surface area (Å²) in [7, 11) is 0. The van der Waals surface area contributed by atoms with Crippen LogP contribution < -0.4 is 0 Å². The Morgan fingerprint density at radius 2 is 1.79 bits per heavy atom. The molecule has 0 radical (unpaired) electrons. The van der Waals surface area contributed by atoms with Crippen LogP contribution in [0.1, 0.15) is 16.1 Å². The summed E-state index contributed by atoms with van der Waals surface area (Å²) in [5.41, 5.74) is 3.58. The third-order valence-corrected chi connectivity index (χ3v) is 5.93. The van der Waals surface area contributed by atoms with E-state index in [1.165, 1.54) is 6.26 Å². The van der Waals surface area contributed by atoms with Gasteiger partial charge in [0.25, 0.3) is 5.91 Å². The Labute approximate surface area is 190 Å². The van der Waals surface area contributed by atoms with Crippen molar-refractivity contribution >= 4 is 22.9 Å². The van der Waals surface area contributed by atoms with Crippen LogP contribution >= 0.6 is 0 Å². The molecule has 0 aliphatic carbocycles. The lowest BCUT2D eigenvalue weighted by Gasteiger charge is -2.34. The number of imidazole rings is 1. The fraction of sp³-hybridized carbons (Fsp3) is 0.240. The van der Waals surface area contributed by atoms with Gasteiger partial charge >= 0.3 is 5.97 Å². The first-order valence-electron chi connectivity index (χ1n) is 10.9. The van der Waals surface area contributed by atoms with Gasteiger partial charge in [-0.3, -0.25) is 14.5 Å². The molecule has 168 valence electrons. The number of furan rings is 1. The maximum absolute atomic E-state index is 12.5. The molecule has 2 aromatic heterocycles. The number of aromatic nitrogens is 2. The molecule has 3 heterocycles. The number of carbonyl (C=O) groups is 2. The van der Waals surface area contributed by atoms with Gasteiger partial charge in [0.05, 0.1) is 17.3 Å². The smallest absolute Gasteiger partial charge is 0.323 e. The minimum absolute atomic E-state index is 0.0704. The SMILES string of the molecule is O=C(O)Cn1c(-c2cccc(CN3CCN(C(=O)c4ccco4)CC3)c2)nc2ccccc21. The fourth-order valence-corrected chi connectivity index (χ4v) is 4.32. The molecule has 33 heavy (non-hydrogen) atoms. The van der Waals surface area contributed by atoms with E-state index in [1.54, 1.807) is 16.7 Å². The van der Waals surface area contributed by atoms with Crippen molar-refractivity contribution < 1.29 is 19.1 Å². The number of para-hydroxylation sites is 2. The Morgan fingerprint density at radius 3 is 2.55 bits per heavy atom. The molecule has 4 aromatic rings. The van der Waals surface area contributed by atoms with Gasteiger partial charge in [-0.1, -0.05) is 30.3 Å². The lowest BCUT2D eigenvalue weighted by atomic mass is 10.1. The van der Waals surface area contributed by atoms with E-state index in [2.05, 4.69) is 17.0 Å². The molecule has 1 saturated heterocycles. The van der Waals surface area contributed by atoms with Gasteiger partial charge in [0.2, 0.25) is 0 Å². The highest BCUT2D eigenvalue weighted by Gasteiger charge is 2.24. The number of hydrogen-bond donors (Lipinski definition) is 1. The largest absolute Gasteiger partial charge is 0.480 e. The average molecular weight is 444 g/mol. The second kappa shape index (κ2) is 8.91. The van der Waals surface area contributed by atoms with E-state index >= 15 is 0 Å². The van der Waals surface area contributed by atoms with E-state index in [1.807, 2.05) is 41.3 Å². The summed E-state index contributed by atoms with van der Waals surface area (Å²) in [6, 6.07) is 19.1. The molecule has 2 aromatic carbocycles. The van der Waals surface area contributed by atoms with E-state index in [9.17, 15) is 14.7 Å². The molecule has 1 amide bonds. The van der Waals surface area contributed by atoms with Gasteiger partial charge in [0, 0.05) is 38.3 Å². The van der Waals surface area contributed by atoms with Gasteiger partial charge in [-0.05, 0) is 35.9 Å². The summed E-state index contributed by atoms with van der Waals surface area (Å²) >= 11 is 0. The Kier molecular flexibility index (Phi) is 5.66. The molecular formula is C25H24N4O4. The van der Waals surface area contributed by atoms with E-state index in [0.29, 0.717) is 24.7 Å². The molecule has 1 aliphatic heterocycles. The Bertz CT molecular complexity index is 1290. The molecule has 1 N–H and O–H groups in total. The van der Waals surface area contributed by atoms with Crippen molar-refractivity contribution in [1.29, 1.82) is 0 Å². The summed E-state index contributed by atoms with van der Waals surface area (Å²) in [4.78, 5) is 32.8. The van der Waals surface area contributed by atoms with Crippen molar-refractivity contribution in [2.24, 2.45) is 0 Å². The summed E-state index contributed by atoms with van der Waals surface area (Å²) in [5.74, 6) is 0.0474. The molecule has 0 atom stereocenters. The summed E-state index contributed by atoms with van der Waals surface area (Å²) in [6.07, 6.45) is 1.52. The number of nitrogens with zero attached hydrogens (tertiary/aromatic N) is 4. The zero-order valence-electron chi connectivity index (χ0n) is 18.1. The monoisotopic (exact) mass is 444 g/mol. The highest BCUT2D eigenvalue weighted by atomic mass is 16.4. The summed E-state index contributed by atoms with van der Waals surface area (Å²) in [5, 5.41) is 9.42. The van der Waals surface area contributed by atoms with Crippen molar-refractivity contribution in [3.63, 3.8) is 0 Å². The molecule has 0 saturated carbocycles. The first-order valence-corrected chi connectivity index (χ1v) is 10.9. The van der Waals surface area contributed by atoms with Crippen molar-refractivity contribution in [3.8, 4) is 11.4 Å². The van der Waals surface area contributed by atoms with Gasteiger partial charge in [-0.25, -0.2) is 4.98 Å². The molecular weight excluding hydrogens is 420 g/mol. The van der Waals surface area contributed by atoms with Crippen LogP contribution in [0.3, 0.4) is 0 Å². The molecule has 1 aliphatic rings. The minimum atomic E-state index is -0.905. The average Bonchev–Trinajstić information content (AvgIpc) is 3.48. The maximum atomic E-state index is 12.5. The van der Waals surface area contributed by atoms with Crippen LogP contribution in [-0.2, 0) is 17.9 Å². The molecule has 8 nitrogen and oxygen atoms in total. The number of benzene rings is 2. The van der Waals surface area contributed by atoms with Gasteiger partial charge in [0.1, 0.15) is 12.4 Å². The van der Waals surface area contributed by atoms with Gasteiger partial charge in [0.15, 0.2) is 5.76 Å². The molecule has 5 rings (SSSR count). The summed E-state index contributed by atoms with van der Waals surface area (Å²) in [6.45, 7) is 3.44. The quantitative estimate of drug-likeness (QED) is 0.490. The number of carboxylic acid groups (broad SMARTS) is 1. The highest BCUT2D eigenvalue weighted by Crippen LogP contribution is 2.26. The molecule has 1 fully saturated rings. The second-order valence-corrected chi connectivity index (χ2v) is 8.15. The third kappa shape index (κ3) is 4.38. The first-order chi connectivity index (χ1) is 16.1. The minimum Gasteiger partial charge on any atom is -0.480 e. The number of carboxylic acids is 1. The predicted molar refractivity (Wildman–Crippen MR) is 123 cm³/mol.